The summed E-state index contributed by atoms with van der Waals surface area (Å²) in [6, 6.07) is 15.9. The first kappa shape index (κ1) is 16.9. The van der Waals surface area contributed by atoms with Gasteiger partial charge in [-0.25, -0.2) is 0 Å². The van der Waals surface area contributed by atoms with Gasteiger partial charge in [-0.1, -0.05) is 30.3 Å². The number of ketones is 1. The molecule has 1 N–H and O–H groups in total. The topological polar surface area (TPSA) is 66.5 Å². The molecule has 0 radical (unpaired) electrons. The van der Waals surface area contributed by atoms with Crippen molar-refractivity contribution in [3.05, 3.63) is 65.7 Å². The summed E-state index contributed by atoms with van der Waals surface area (Å²) < 4.78 is 0. The van der Waals surface area contributed by atoms with E-state index in [2.05, 4.69) is 5.32 Å². The summed E-state index contributed by atoms with van der Waals surface area (Å²) in [6.07, 6.45) is 0.900. The molecular weight excluding hydrogens is 316 g/mol. The highest BCUT2D eigenvalue weighted by molar-refractivity contribution is 5.99. The second kappa shape index (κ2) is 7.30. The van der Waals surface area contributed by atoms with E-state index in [0.29, 0.717) is 30.6 Å². The number of nitrogens with one attached hydrogen (secondary N) is 1. The molecule has 0 aromatic heterocycles. The Labute approximate surface area is 146 Å². The standard InChI is InChI=1S/C20H20N2O3/c1-14(23)16-7-9-17(10-8-16)21-20(25)18-11-12-19(24)22(18)13-15-5-3-2-4-6-15/h2-10,18H,11-13H2,1H3,(H,21,25). The third-order valence-corrected chi connectivity index (χ3v) is 4.39. The first-order valence-corrected chi connectivity index (χ1v) is 8.30. The minimum atomic E-state index is -0.472. The summed E-state index contributed by atoms with van der Waals surface area (Å²) in [5, 5.41) is 2.84. The fourth-order valence-corrected chi connectivity index (χ4v) is 3.00. The van der Waals surface area contributed by atoms with Crippen LogP contribution < -0.4 is 5.32 Å². The van der Waals surface area contributed by atoms with Gasteiger partial charge in [0.1, 0.15) is 6.04 Å². The first-order chi connectivity index (χ1) is 12.0. The van der Waals surface area contributed by atoms with Crippen LogP contribution in [0.4, 0.5) is 5.69 Å². The Morgan fingerprint density at radius 1 is 1.08 bits per heavy atom. The number of carbonyl (C=O) groups excluding carboxylic acids is 3. The maximum Gasteiger partial charge on any atom is 0.247 e. The Morgan fingerprint density at radius 2 is 1.76 bits per heavy atom. The van der Waals surface area contributed by atoms with Gasteiger partial charge in [0.25, 0.3) is 0 Å². The van der Waals surface area contributed by atoms with Crippen LogP contribution in [-0.4, -0.2) is 28.5 Å². The van der Waals surface area contributed by atoms with Crippen LogP contribution in [0.3, 0.4) is 0 Å². The summed E-state index contributed by atoms with van der Waals surface area (Å²) in [7, 11) is 0. The van der Waals surface area contributed by atoms with Gasteiger partial charge in [0.15, 0.2) is 5.78 Å². The van der Waals surface area contributed by atoms with Crippen LogP contribution in [0.15, 0.2) is 54.6 Å². The van der Waals surface area contributed by atoms with Crippen LogP contribution in [0, 0.1) is 0 Å². The molecule has 25 heavy (non-hydrogen) atoms. The highest BCUT2D eigenvalue weighted by Crippen LogP contribution is 2.23. The average Bonchev–Trinajstić information content (AvgIpc) is 2.97. The molecule has 128 valence electrons. The number of Topliss-reactive ketones (excluding diaryl/α,β-unsaturated/α-hetero) is 1. The van der Waals surface area contributed by atoms with Crippen molar-refractivity contribution in [1.82, 2.24) is 4.90 Å². The third-order valence-electron chi connectivity index (χ3n) is 4.39. The van der Waals surface area contributed by atoms with Gasteiger partial charge in [-0.05, 0) is 43.2 Å². The monoisotopic (exact) mass is 336 g/mol. The van der Waals surface area contributed by atoms with Crippen LogP contribution in [0.5, 0.6) is 0 Å². The minimum Gasteiger partial charge on any atom is -0.326 e. The van der Waals surface area contributed by atoms with Gasteiger partial charge in [0, 0.05) is 24.2 Å². The molecule has 2 aromatic rings. The minimum absolute atomic E-state index is 0.00377. The van der Waals surface area contributed by atoms with Gasteiger partial charge in [-0.3, -0.25) is 14.4 Å². The van der Waals surface area contributed by atoms with Gasteiger partial charge >= 0.3 is 0 Å². The van der Waals surface area contributed by atoms with Crippen molar-refractivity contribution in [2.45, 2.75) is 32.4 Å². The lowest BCUT2D eigenvalue weighted by molar-refractivity contribution is -0.133. The Bertz CT molecular complexity index is 784. The maximum atomic E-state index is 12.6. The Kier molecular flexibility index (Phi) is 4.93. The number of nitrogens with zero attached hydrogens (tertiary/aromatic N) is 1. The smallest absolute Gasteiger partial charge is 0.247 e. The summed E-state index contributed by atoms with van der Waals surface area (Å²) in [4.78, 5) is 37.7. The molecular formula is C20H20N2O3. The Morgan fingerprint density at radius 3 is 2.40 bits per heavy atom. The molecule has 3 rings (SSSR count). The zero-order valence-corrected chi connectivity index (χ0v) is 14.1. The van der Waals surface area contributed by atoms with Crippen molar-refractivity contribution in [2.75, 3.05) is 5.32 Å². The highest BCUT2D eigenvalue weighted by Gasteiger charge is 2.35. The predicted octanol–water partition coefficient (Wildman–Crippen LogP) is 3.02. The number of likely N-dealkylation sites (tertiary alicyclic amines) is 1. The van der Waals surface area contributed by atoms with Gasteiger partial charge in [-0.2, -0.15) is 0 Å². The van der Waals surface area contributed by atoms with Crippen LogP contribution in [-0.2, 0) is 16.1 Å². The van der Waals surface area contributed by atoms with E-state index >= 15 is 0 Å². The fraction of sp³-hybridized carbons (Fsp3) is 0.250. The van der Waals surface area contributed by atoms with Crippen LogP contribution in [0.1, 0.15) is 35.7 Å². The van der Waals surface area contributed by atoms with Crippen molar-refractivity contribution in [3.8, 4) is 0 Å². The van der Waals surface area contributed by atoms with E-state index in [1.165, 1.54) is 6.92 Å². The molecule has 0 saturated carbocycles. The van der Waals surface area contributed by atoms with E-state index in [-0.39, 0.29) is 17.6 Å². The predicted molar refractivity (Wildman–Crippen MR) is 95.1 cm³/mol. The van der Waals surface area contributed by atoms with Gasteiger partial charge < -0.3 is 10.2 Å². The van der Waals surface area contributed by atoms with E-state index < -0.39 is 6.04 Å². The molecule has 0 spiro atoms. The zero-order chi connectivity index (χ0) is 17.8. The van der Waals surface area contributed by atoms with E-state index in [0.717, 1.165) is 5.56 Å². The first-order valence-electron chi connectivity index (χ1n) is 8.30. The van der Waals surface area contributed by atoms with Crippen molar-refractivity contribution in [3.63, 3.8) is 0 Å². The summed E-state index contributed by atoms with van der Waals surface area (Å²) in [6.45, 7) is 1.93. The molecule has 1 saturated heterocycles. The number of anilines is 1. The lowest BCUT2D eigenvalue weighted by Gasteiger charge is -2.24. The molecule has 5 heteroatoms. The Hall–Kier alpha value is -2.95. The number of carbonyl (C=O) groups is 3. The number of amides is 2. The highest BCUT2D eigenvalue weighted by atomic mass is 16.2. The fourth-order valence-electron chi connectivity index (χ4n) is 3.00. The number of hydrogen-bond donors (Lipinski definition) is 1. The summed E-state index contributed by atoms with van der Waals surface area (Å²) >= 11 is 0. The molecule has 1 unspecified atom stereocenters. The van der Waals surface area contributed by atoms with Gasteiger partial charge in [0.2, 0.25) is 11.8 Å². The second-order valence-corrected chi connectivity index (χ2v) is 6.18. The second-order valence-electron chi connectivity index (χ2n) is 6.18. The quantitative estimate of drug-likeness (QED) is 0.854. The summed E-state index contributed by atoms with van der Waals surface area (Å²) in [5.41, 5.74) is 2.22. The van der Waals surface area contributed by atoms with E-state index in [4.69, 9.17) is 0 Å². The molecule has 1 fully saturated rings. The van der Waals surface area contributed by atoms with Gasteiger partial charge in [0.05, 0.1) is 0 Å². The Balaban J connectivity index is 1.69. The third kappa shape index (κ3) is 3.94. The number of benzene rings is 2. The van der Waals surface area contributed by atoms with Crippen LogP contribution in [0.25, 0.3) is 0 Å². The van der Waals surface area contributed by atoms with Crippen LogP contribution in [0.2, 0.25) is 0 Å². The number of hydrogen-bond acceptors (Lipinski definition) is 3. The van der Waals surface area contributed by atoms with Gasteiger partial charge in [-0.15, -0.1) is 0 Å². The molecule has 1 atom stereocenters. The molecule has 1 heterocycles. The zero-order valence-electron chi connectivity index (χ0n) is 14.1. The molecule has 0 aliphatic carbocycles. The van der Waals surface area contributed by atoms with Crippen molar-refractivity contribution in [1.29, 1.82) is 0 Å². The van der Waals surface area contributed by atoms with Crippen molar-refractivity contribution >= 4 is 23.3 Å². The SMILES string of the molecule is CC(=O)c1ccc(NC(=O)C2CCC(=O)N2Cc2ccccc2)cc1. The maximum absolute atomic E-state index is 12.6. The molecule has 0 bridgehead atoms. The molecule has 5 nitrogen and oxygen atoms in total. The van der Waals surface area contributed by atoms with Crippen LogP contribution >= 0.6 is 0 Å². The largest absolute Gasteiger partial charge is 0.326 e. The van der Waals surface area contributed by atoms with Crippen molar-refractivity contribution in [2.24, 2.45) is 0 Å². The molecule has 1 aliphatic heterocycles. The van der Waals surface area contributed by atoms with E-state index in [1.807, 2.05) is 30.3 Å². The van der Waals surface area contributed by atoms with E-state index in [1.54, 1.807) is 29.2 Å². The number of rotatable bonds is 5. The molecule has 1 aliphatic rings. The lowest BCUT2D eigenvalue weighted by atomic mass is 10.1. The lowest BCUT2D eigenvalue weighted by Crippen LogP contribution is -2.41. The summed E-state index contributed by atoms with van der Waals surface area (Å²) in [5.74, 6) is -0.221. The molecule has 2 amide bonds. The molecule has 2 aromatic carbocycles. The van der Waals surface area contributed by atoms with Crippen molar-refractivity contribution < 1.29 is 14.4 Å². The van der Waals surface area contributed by atoms with E-state index in [9.17, 15) is 14.4 Å². The normalized spacial score (nSPS) is 16.8. The average molecular weight is 336 g/mol.